The average Bonchev–Trinajstić information content (AvgIpc) is 3.16. The van der Waals surface area contributed by atoms with E-state index < -0.39 is 6.36 Å². The number of hydrogen-bond donors (Lipinski definition) is 2. The molecule has 0 spiro atoms. The quantitative estimate of drug-likeness (QED) is 0.460. The van der Waals surface area contributed by atoms with Crippen LogP contribution in [0.4, 0.5) is 19.0 Å². The van der Waals surface area contributed by atoms with Crippen molar-refractivity contribution in [1.29, 1.82) is 0 Å². The fraction of sp³-hybridized carbons (Fsp3) is 0.273. The van der Waals surface area contributed by atoms with E-state index in [1.807, 2.05) is 23.1 Å². The summed E-state index contributed by atoms with van der Waals surface area (Å²) in [6.45, 7) is 2.21. The molecule has 12 heteroatoms. The molecular weight excluding hydrogens is 451 g/mol. The number of nitrogens with zero attached hydrogens (tertiary/aromatic N) is 5. The fourth-order valence-electron chi connectivity index (χ4n) is 4.03. The van der Waals surface area contributed by atoms with Crippen molar-refractivity contribution in [3.05, 3.63) is 54.1 Å². The molecule has 4 aromatic rings. The summed E-state index contributed by atoms with van der Waals surface area (Å²) in [5, 5.41) is 0.769. The minimum absolute atomic E-state index is 0.0227. The number of carbonyl (C=O) groups is 1. The number of halogens is 3. The summed E-state index contributed by atoms with van der Waals surface area (Å²) in [4.78, 5) is 32.1. The predicted molar refractivity (Wildman–Crippen MR) is 117 cm³/mol. The van der Waals surface area contributed by atoms with Gasteiger partial charge in [0, 0.05) is 31.1 Å². The number of rotatable bonds is 5. The highest BCUT2D eigenvalue weighted by Gasteiger charge is 2.31. The van der Waals surface area contributed by atoms with Gasteiger partial charge in [-0.05, 0) is 29.8 Å². The Morgan fingerprint density at radius 3 is 2.71 bits per heavy atom. The number of nitrogens with two attached hydrogens (primary N) is 1. The molecule has 1 aliphatic rings. The molecule has 0 aliphatic carbocycles. The third-order valence-corrected chi connectivity index (χ3v) is 5.61. The van der Waals surface area contributed by atoms with Crippen LogP contribution in [0.1, 0.15) is 11.4 Å². The molecule has 2 aromatic heterocycles. The number of fused-ring (bicyclic) bond motifs is 2. The Kier molecular flexibility index (Phi) is 5.44. The van der Waals surface area contributed by atoms with E-state index in [2.05, 4.69) is 24.7 Å². The molecule has 1 amide bonds. The lowest BCUT2D eigenvalue weighted by Gasteiger charge is -2.34. The molecule has 2 aromatic carbocycles. The van der Waals surface area contributed by atoms with E-state index in [0.29, 0.717) is 48.9 Å². The molecule has 1 saturated heterocycles. The Morgan fingerprint density at radius 2 is 1.91 bits per heavy atom. The first-order valence-corrected chi connectivity index (χ1v) is 10.5. The van der Waals surface area contributed by atoms with Gasteiger partial charge in [0.2, 0.25) is 5.91 Å². The highest BCUT2D eigenvalue weighted by Crippen LogP contribution is 2.26. The van der Waals surface area contributed by atoms with Crippen molar-refractivity contribution in [1.82, 2.24) is 29.7 Å². The number of alkyl halides is 3. The average molecular weight is 471 g/mol. The van der Waals surface area contributed by atoms with Crippen LogP contribution in [0.15, 0.2) is 42.7 Å². The first kappa shape index (κ1) is 21.9. The number of carbonyl (C=O) groups excluding carboxylic acids is 1. The van der Waals surface area contributed by atoms with E-state index in [4.69, 9.17) is 5.73 Å². The summed E-state index contributed by atoms with van der Waals surface area (Å²) in [5.74, 6) is 0.635. The van der Waals surface area contributed by atoms with Crippen LogP contribution in [0, 0.1) is 0 Å². The largest absolute Gasteiger partial charge is 0.573 e. The number of ether oxygens (including phenoxy) is 1. The van der Waals surface area contributed by atoms with Crippen molar-refractivity contribution in [3.8, 4) is 5.75 Å². The second-order valence-electron chi connectivity index (χ2n) is 8.05. The summed E-state index contributed by atoms with van der Waals surface area (Å²) in [5.41, 5.74) is 8.50. The molecule has 176 valence electrons. The second-order valence-corrected chi connectivity index (χ2v) is 8.05. The first-order valence-electron chi connectivity index (χ1n) is 10.5. The molecule has 0 unspecified atom stereocenters. The van der Waals surface area contributed by atoms with E-state index >= 15 is 0 Å². The number of aromatic nitrogens is 4. The highest BCUT2D eigenvalue weighted by molar-refractivity contribution is 5.88. The zero-order valence-electron chi connectivity index (χ0n) is 17.8. The molecule has 3 heterocycles. The molecule has 9 nitrogen and oxygen atoms in total. The molecule has 0 bridgehead atoms. The number of nitrogens with one attached hydrogen (secondary N) is 1. The Bertz CT molecular complexity index is 1370. The van der Waals surface area contributed by atoms with Crippen LogP contribution < -0.4 is 10.5 Å². The number of amides is 1. The Balaban J connectivity index is 1.22. The van der Waals surface area contributed by atoms with Crippen molar-refractivity contribution < 1.29 is 22.7 Å². The van der Waals surface area contributed by atoms with Crippen LogP contribution in [0.25, 0.3) is 21.9 Å². The lowest BCUT2D eigenvalue weighted by molar-refractivity contribution is -0.274. The van der Waals surface area contributed by atoms with Gasteiger partial charge in [-0.15, -0.1) is 13.2 Å². The molecule has 0 radical (unpaired) electrons. The summed E-state index contributed by atoms with van der Waals surface area (Å²) in [7, 11) is 0. The van der Waals surface area contributed by atoms with E-state index in [9.17, 15) is 18.0 Å². The number of anilines is 1. The maximum absolute atomic E-state index is 12.8. The topological polar surface area (TPSA) is 113 Å². The predicted octanol–water partition coefficient (Wildman–Crippen LogP) is 2.83. The molecule has 5 rings (SSSR count). The molecule has 1 fully saturated rings. The zero-order chi connectivity index (χ0) is 23.9. The van der Waals surface area contributed by atoms with E-state index in [1.54, 1.807) is 4.90 Å². The number of H-pyrrole nitrogens is 1. The Morgan fingerprint density at radius 1 is 1.06 bits per heavy atom. The minimum Gasteiger partial charge on any atom is -0.406 e. The molecule has 1 aliphatic heterocycles. The fourth-order valence-corrected chi connectivity index (χ4v) is 4.03. The molecule has 3 N–H and O–H groups in total. The maximum atomic E-state index is 12.8. The van der Waals surface area contributed by atoms with Crippen molar-refractivity contribution in [2.45, 2.75) is 19.5 Å². The van der Waals surface area contributed by atoms with Gasteiger partial charge in [0.25, 0.3) is 0 Å². The lowest BCUT2D eigenvalue weighted by atomic mass is 10.1. The van der Waals surface area contributed by atoms with Gasteiger partial charge in [0.15, 0.2) is 0 Å². The van der Waals surface area contributed by atoms with Gasteiger partial charge in [-0.1, -0.05) is 6.07 Å². The second kappa shape index (κ2) is 8.45. The van der Waals surface area contributed by atoms with Crippen molar-refractivity contribution in [2.24, 2.45) is 0 Å². The number of aromatic amines is 1. The monoisotopic (exact) mass is 471 g/mol. The summed E-state index contributed by atoms with van der Waals surface area (Å²) in [6, 6.07) is 9.60. The van der Waals surface area contributed by atoms with Gasteiger partial charge < -0.3 is 20.4 Å². The molecule has 0 atom stereocenters. The van der Waals surface area contributed by atoms with Gasteiger partial charge in [-0.25, -0.2) is 15.0 Å². The van der Waals surface area contributed by atoms with Crippen LogP contribution >= 0.6 is 0 Å². The molecular formula is C22H20F3N7O2. The lowest BCUT2D eigenvalue weighted by Crippen LogP contribution is -2.49. The van der Waals surface area contributed by atoms with Crippen molar-refractivity contribution in [3.63, 3.8) is 0 Å². The number of piperazine rings is 1. The SMILES string of the molecule is Nc1ncnc2cc(CN3CCN(Cc4nc5ccc(OC(F)(F)F)cc5[nH]4)CC3=O)ccc12. The Labute approximate surface area is 191 Å². The normalized spacial score (nSPS) is 15.4. The van der Waals surface area contributed by atoms with Gasteiger partial charge in [-0.3, -0.25) is 9.69 Å². The van der Waals surface area contributed by atoms with Crippen molar-refractivity contribution in [2.75, 3.05) is 25.4 Å². The smallest absolute Gasteiger partial charge is 0.406 e. The van der Waals surface area contributed by atoms with Crippen LogP contribution in [0.5, 0.6) is 5.75 Å². The van der Waals surface area contributed by atoms with Crippen LogP contribution in [-0.4, -0.2) is 61.6 Å². The van der Waals surface area contributed by atoms with Crippen LogP contribution in [0.2, 0.25) is 0 Å². The van der Waals surface area contributed by atoms with Gasteiger partial charge >= 0.3 is 6.36 Å². The van der Waals surface area contributed by atoms with E-state index in [0.717, 1.165) is 16.5 Å². The molecule has 0 saturated carbocycles. The van der Waals surface area contributed by atoms with Crippen LogP contribution in [0.3, 0.4) is 0 Å². The minimum atomic E-state index is -4.76. The highest BCUT2D eigenvalue weighted by atomic mass is 19.4. The van der Waals surface area contributed by atoms with Gasteiger partial charge in [0.05, 0.1) is 29.6 Å². The Hall–Kier alpha value is -3.93. The first-order chi connectivity index (χ1) is 16.2. The van der Waals surface area contributed by atoms with Gasteiger partial charge in [-0.2, -0.15) is 0 Å². The summed E-state index contributed by atoms with van der Waals surface area (Å²) >= 11 is 0. The van der Waals surface area contributed by atoms with Crippen molar-refractivity contribution >= 4 is 33.7 Å². The third-order valence-electron chi connectivity index (χ3n) is 5.61. The standard InChI is InChI=1S/C22H20F3N7O2/c23-22(24,25)34-14-2-4-16-18(8-14)30-19(29-16)10-31-5-6-32(20(33)11-31)9-13-1-3-15-17(7-13)27-12-28-21(15)26/h1-4,7-8,12H,5-6,9-11H2,(H,29,30)(H2,26,27,28). The van der Waals surface area contributed by atoms with E-state index in [-0.39, 0.29) is 18.2 Å². The van der Waals surface area contributed by atoms with Gasteiger partial charge in [0.1, 0.15) is 23.7 Å². The number of imidazole rings is 1. The summed E-state index contributed by atoms with van der Waals surface area (Å²) < 4.78 is 41.3. The van der Waals surface area contributed by atoms with E-state index in [1.165, 1.54) is 24.5 Å². The number of hydrogen-bond acceptors (Lipinski definition) is 7. The zero-order valence-corrected chi connectivity index (χ0v) is 17.8. The molecule has 34 heavy (non-hydrogen) atoms. The third kappa shape index (κ3) is 4.71. The number of nitrogen functional groups attached to an aromatic ring is 1. The number of benzene rings is 2. The summed E-state index contributed by atoms with van der Waals surface area (Å²) in [6.07, 6.45) is -3.35. The maximum Gasteiger partial charge on any atom is 0.573 e. The van der Waals surface area contributed by atoms with Crippen LogP contribution in [-0.2, 0) is 17.9 Å².